The number of ether oxygens (including phenoxy) is 1. The average Bonchev–Trinajstić information content (AvgIpc) is 3.36. The van der Waals surface area contributed by atoms with E-state index in [4.69, 9.17) is 9.15 Å². The first-order chi connectivity index (χ1) is 19.4. The summed E-state index contributed by atoms with van der Waals surface area (Å²) >= 11 is 0. The van der Waals surface area contributed by atoms with E-state index in [0.717, 1.165) is 22.4 Å². The summed E-state index contributed by atoms with van der Waals surface area (Å²) in [5.74, 6) is 0.0627. The van der Waals surface area contributed by atoms with Crippen molar-refractivity contribution in [3.8, 4) is 22.6 Å². The Morgan fingerprint density at radius 2 is 1.80 bits per heavy atom. The Balaban J connectivity index is 1.55. The molecule has 0 fully saturated rings. The molecule has 5 rings (SSSR count). The molecule has 210 valence electrons. The Labute approximate surface area is 239 Å². The van der Waals surface area contributed by atoms with Crippen LogP contribution in [0.4, 0.5) is 5.69 Å². The summed E-state index contributed by atoms with van der Waals surface area (Å²) in [6.07, 6.45) is 5.37. The third kappa shape index (κ3) is 5.77. The van der Waals surface area contributed by atoms with Crippen molar-refractivity contribution >= 4 is 22.6 Å². The van der Waals surface area contributed by atoms with Gasteiger partial charge in [0.2, 0.25) is 0 Å². The second kappa shape index (κ2) is 10.7. The molecule has 0 aliphatic carbocycles. The molecule has 8 nitrogen and oxygen atoms in total. The van der Waals surface area contributed by atoms with Crippen LogP contribution < -0.4 is 10.7 Å². The Bertz CT molecular complexity index is 1810. The molecule has 0 aliphatic heterocycles. The molecule has 0 saturated carbocycles. The van der Waals surface area contributed by atoms with Gasteiger partial charge in [0.1, 0.15) is 16.9 Å². The lowest BCUT2D eigenvalue weighted by Crippen LogP contribution is -2.24. The number of nitrogens with one attached hydrogen (secondary N) is 1. The summed E-state index contributed by atoms with van der Waals surface area (Å²) in [5.41, 5.74) is 5.48. The molecule has 0 amide bonds. The first-order valence-electron chi connectivity index (χ1n) is 13.5. The molecule has 5 aromatic rings. The summed E-state index contributed by atoms with van der Waals surface area (Å²) < 4.78 is 13.9. The highest BCUT2D eigenvalue weighted by Gasteiger charge is 2.23. The fourth-order valence-corrected chi connectivity index (χ4v) is 4.85. The van der Waals surface area contributed by atoms with Crippen molar-refractivity contribution in [3.63, 3.8) is 0 Å². The van der Waals surface area contributed by atoms with Crippen LogP contribution in [0.2, 0.25) is 0 Å². The highest BCUT2D eigenvalue weighted by Crippen LogP contribution is 2.33. The van der Waals surface area contributed by atoms with Gasteiger partial charge in [-0.25, -0.2) is 4.79 Å². The van der Waals surface area contributed by atoms with Gasteiger partial charge in [-0.2, -0.15) is 5.10 Å². The molecule has 3 aromatic heterocycles. The monoisotopic (exact) mass is 550 g/mol. The molecule has 3 heterocycles. The van der Waals surface area contributed by atoms with Crippen molar-refractivity contribution < 1.29 is 13.9 Å². The number of fused-ring (bicyclic) bond motifs is 1. The predicted octanol–water partition coefficient (Wildman–Crippen LogP) is 7.00. The fraction of sp³-hybridized carbons (Fsp3) is 0.273. The van der Waals surface area contributed by atoms with Crippen molar-refractivity contribution in [2.75, 3.05) is 5.32 Å². The first kappa shape index (κ1) is 27.8. The van der Waals surface area contributed by atoms with Crippen LogP contribution in [-0.2, 0) is 11.8 Å². The molecule has 0 radical (unpaired) electrons. The number of esters is 1. The van der Waals surface area contributed by atoms with E-state index in [9.17, 15) is 9.59 Å². The maximum absolute atomic E-state index is 13.6. The highest BCUT2D eigenvalue weighted by atomic mass is 16.6. The molecule has 41 heavy (non-hydrogen) atoms. The van der Waals surface area contributed by atoms with Crippen LogP contribution in [0.3, 0.4) is 0 Å². The van der Waals surface area contributed by atoms with E-state index in [2.05, 4.69) is 15.4 Å². The quantitative estimate of drug-likeness (QED) is 0.227. The second-order valence-corrected chi connectivity index (χ2v) is 11.4. The van der Waals surface area contributed by atoms with Crippen LogP contribution in [0, 0.1) is 13.8 Å². The molecule has 8 heteroatoms. The number of rotatable bonds is 6. The van der Waals surface area contributed by atoms with E-state index >= 15 is 0 Å². The molecule has 0 bridgehead atoms. The third-order valence-electron chi connectivity index (χ3n) is 6.80. The second-order valence-electron chi connectivity index (χ2n) is 11.4. The van der Waals surface area contributed by atoms with E-state index in [-0.39, 0.29) is 11.5 Å². The Morgan fingerprint density at radius 3 is 2.46 bits per heavy atom. The van der Waals surface area contributed by atoms with Crippen LogP contribution in [0.5, 0.6) is 0 Å². The van der Waals surface area contributed by atoms with Gasteiger partial charge in [-0.15, -0.1) is 0 Å². The molecule has 0 saturated heterocycles. The normalized spacial score (nSPS) is 12.4. The number of carbonyl (C=O) groups excluding carboxylic acids is 1. The molecular weight excluding hydrogens is 516 g/mol. The van der Waals surface area contributed by atoms with Gasteiger partial charge in [0.15, 0.2) is 5.43 Å². The van der Waals surface area contributed by atoms with E-state index in [1.54, 1.807) is 36.1 Å². The number of aromatic nitrogens is 3. The average molecular weight is 551 g/mol. The number of carbonyl (C=O) groups is 1. The zero-order valence-corrected chi connectivity index (χ0v) is 24.4. The van der Waals surface area contributed by atoms with Crippen LogP contribution in [-0.4, -0.2) is 26.3 Å². The maximum Gasteiger partial charge on any atom is 0.340 e. The lowest BCUT2D eigenvalue weighted by atomic mass is 9.98. The Kier molecular flexibility index (Phi) is 7.26. The molecule has 0 spiro atoms. The summed E-state index contributed by atoms with van der Waals surface area (Å²) in [6, 6.07) is 14.6. The van der Waals surface area contributed by atoms with E-state index in [1.165, 1.54) is 0 Å². The lowest BCUT2D eigenvalue weighted by Gasteiger charge is -2.23. The number of pyridine rings is 1. The fourth-order valence-electron chi connectivity index (χ4n) is 4.85. The Morgan fingerprint density at radius 1 is 1.05 bits per heavy atom. The van der Waals surface area contributed by atoms with Crippen molar-refractivity contribution in [1.82, 2.24) is 14.8 Å². The number of benzene rings is 2. The Hall–Kier alpha value is -4.72. The SMILES string of the molecule is Cc1cc([C@@H](C)Nc2ccccc2C(=O)OC(C)(C)C)c2oc(-c3ccc(-c4cnn(C)c4)nc3)c(C)c(=O)c2c1. The number of nitrogens with zero attached hydrogens (tertiary/aromatic N) is 3. The topological polar surface area (TPSA) is 99.2 Å². The van der Waals surface area contributed by atoms with Crippen LogP contribution >= 0.6 is 0 Å². The standard InChI is InChI=1S/C33H34N4O4/c1-19-14-25(21(3)36-28-11-9-8-10-24(28)32(39)41-33(4,5)6)31-26(15-19)29(38)20(2)30(40-31)22-12-13-27(34-16-22)23-17-35-37(7)18-23/h8-18,21,36H,1-7H3/t21-/m1/s1. The number of para-hydroxylation sites is 1. The number of hydrogen-bond donors (Lipinski definition) is 1. The van der Waals surface area contributed by atoms with Gasteiger partial charge in [0.25, 0.3) is 0 Å². The van der Waals surface area contributed by atoms with Gasteiger partial charge < -0.3 is 14.5 Å². The molecule has 1 N–H and O–H groups in total. The summed E-state index contributed by atoms with van der Waals surface area (Å²) in [7, 11) is 1.86. The largest absolute Gasteiger partial charge is 0.456 e. The molecule has 2 aromatic carbocycles. The molecule has 0 aliphatic rings. The lowest BCUT2D eigenvalue weighted by molar-refractivity contribution is 0.00706. The highest BCUT2D eigenvalue weighted by molar-refractivity contribution is 5.96. The van der Waals surface area contributed by atoms with Gasteiger partial charge in [0.05, 0.1) is 28.9 Å². The van der Waals surface area contributed by atoms with Gasteiger partial charge in [-0.3, -0.25) is 14.5 Å². The maximum atomic E-state index is 13.6. The first-order valence-corrected chi connectivity index (χ1v) is 13.5. The van der Waals surface area contributed by atoms with E-state index in [0.29, 0.717) is 39.1 Å². The van der Waals surface area contributed by atoms with Gasteiger partial charge in [0, 0.05) is 47.4 Å². The van der Waals surface area contributed by atoms with Crippen LogP contribution in [0.15, 0.2) is 76.3 Å². The third-order valence-corrected chi connectivity index (χ3v) is 6.80. The van der Waals surface area contributed by atoms with E-state index in [1.807, 2.05) is 84.3 Å². The van der Waals surface area contributed by atoms with Gasteiger partial charge in [-0.05, 0) is 77.4 Å². The summed E-state index contributed by atoms with van der Waals surface area (Å²) in [6.45, 7) is 11.2. The number of aryl methyl sites for hydroxylation is 2. The van der Waals surface area contributed by atoms with Crippen LogP contribution in [0.1, 0.15) is 60.8 Å². The minimum absolute atomic E-state index is 0.0936. The van der Waals surface area contributed by atoms with E-state index < -0.39 is 11.6 Å². The summed E-state index contributed by atoms with van der Waals surface area (Å²) in [4.78, 5) is 31.1. The van der Waals surface area contributed by atoms with Crippen molar-refractivity contribution in [2.45, 2.75) is 53.2 Å². The molecule has 1 atom stereocenters. The zero-order valence-electron chi connectivity index (χ0n) is 24.4. The molecule has 0 unspecified atom stereocenters. The van der Waals surface area contributed by atoms with Crippen molar-refractivity contribution in [2.24, 2.45) is 7.05 Å². The van der Waals surface area contributed by atoms with Crippen molar-refractivity contribution in [3.05, 3.63) is 99.6 Å². The number of anilines is 1. The molecular formula is C33H34N4O4. The predicted molar refractivity (Wildman–Crippen MR) is 161 cm³/mol. The minimum atomic E-state index is -0.620. The van der Waals surface area contributed by atoms with Crippen LogP contribution in [0.25, 0.3) is 33.6 Å². The van der Waals surface area contributed by atoms with Crippen molar-refractivity contribution in [1.29, 1.82) is 0 Å². The van der Waals surface area contributed by atoms with Gasteiger partial charge in [-0.1, -0.05) is 18.2 Å². The zero-order chi connectivity index (χ0) is 29.5. The van der Waals surface area contributed by atoms with Gasteiger partial charge >= 0.3 is 5.97 Å². The summed E-state index contributed by atoms with van der Waals surface area (Å²) in [5, 5.41) is 8.17. The number of hydrogen-bond acceptors (Lipinski definition) is 7. The minimum Gasteiger partial charge on any atom is -0.456 e. The smallest absolute Gasteiger partial charge is 0.340 e.